The van der Waals surface area contributed by atoms with Crippen LogP contribution in [0.2, 0.25) is 0 Å². The van der Waals surface area contributed by atoms with Gasteiger partial charge in [0.15, 0.2) is 0 Å². The number of unbranched alkanes of at least 4 members (excludes halogenated alkanes) is 2. The Kier molecular flexibility index (Phi) is 7.57. The molecule has 5 heteroatoms. The Morgan fingerprint density at radius 3 is 2.24 bits per heavy atom. The molecule has 1 rings (SSSR count). The maximum Gasteiger partial charge on any atom is 0.573 e. The van der Waals surface area contributed by atoms with E-state index in [0.717, 1.165) is 37.8 Å². The molecule has 0 amide bonds. The Morgan fingerprint density at radius 2 is 1.71 bits per heavy atom. The van der Waals surface area contributed by atoms with Crippen molar-refractivity contribution in [3.63, 3.8) is 0 Å². The summed E-state index contributed by atoms with van der Waals surface area (Å²) in [6.07, 6.45) is 0.812. The van der Waals surface area contributed by atoms with E-state index in [1.54, 1.807) is 12.1 Å². The van der Waals surface area contributed by atoms with Gasteiger partial charge in [-0.05, 0) is 37.1 Å². The summed E-state index contributed by atoms with van der Waals surface area (Å²) >= 11 is 0. The van der Waals surface area contributed by atoms with Gasteiger partial charge < -0.3 is 10.1 Å². The van der Waals surface area contributed by atoms with E-state index < -0.39 is 6.36 Å². The molecular formula is C16H24F3NO. The first-order valence-electron chi connectivity index (χ1n) is 7.55. The molecule has 0 bridgehead atoms. The van der Waals surface area contributed by atoms with Gasteiger partial charge in [0.05, 0.1) is 0 Å². The van der Waals surface area contributed by atoms with Gasteiger partial charge in [-0.2, -0.15) is 0 Å². The van der Waals surface area contributed by atoms with Gasteiger partial charge in [-0.3, -0.25) is 0 Å². The number of rotatable bonds is 9. The fraction of sp³-hybridized carbons (Fsp3) is 0.625. The first-order chi connectivity index (χ1) is 9.96. The molecule has 0 aliphatic carbocycles. The van der Waals surface area contributed by atoms with Crippen LogP contribution in [0.1, 0.15) is 57.6 Å². The third kappa shape index (κ3) is 7.37. The number of benzene rings is 1. The molecule has 1 aromatic carbocycles. The number of ether oxygens (including phenoxy) is 1. The van der Waals surface area contributed by atoms with Crippen molar-refractivity contribution in [1.82, 2.24) is 5.32 Å². The standard InChI is InChI=1S/C16H24F3NO/c1-3-5-6-7-15(20-12-4-2)13-8-10-14(11-9-13)21-16(17,18)19/h8-11,15,20H,3-7,12H2,1-2H3. The second kappa shape index (κ2) is 8.93. The Balaban J connectivity index is 2.68. The summed E-state index contributed by atoms with van der Waals surface area (Å²) in [7, 11) is 0. The Hall–Kier alpha value is -1.23. The molecule has 0 aliphatic rings. The van der Waals surface area contributed by atoms with E-state index in [1.807, 2.05) is 0 Å². The summed E-state index contributed by atoms with van der Waals surface area (Å²) in [6, 6.07) is 6.36. The molecule has 0 radical (unpaired) electrons. The van der Waals surface area contributed by atoms with Gasteiger partial charge in [-0.15, -0.1) is 13.2 Å². The molecule has 0 spiro atoms. The van der Waals surface area contributed by atoms with E-state index in [0.29, 0.717) is 0 Å². The van der Waals surface area contributed by atoms with Crippen molar-refractivity contribution in [3.05, 3.63) is 29.8 Å². The van der Waals surface area contributed by atoms with E-state index in [-0.39, 0.29) is 11.8 Å². The van der Waals surface area contributed by atoms with Gasteiger partial charge in [0.1, 0.15) is 5.75 Å². The Morgan fingerprint density at radius 1 is 1.05 bits per heavy atom. The molecule has 1 N–H and O–H groups in total. The maximum atomic E-state index is 12.1. The summed E-state index contributed by atoms with van der Waals surface area (Å²) in [6.45, 7) is 5.14. The third-order valence-corrected chi connectivity index (χ3v) is 3.25. The van der Waals surface area contributed by atoms with Crippen molar-refractivity contribution in [3.8, 4) is 5.75 Å². The monoisotopic (exact) mass is 303 g/mol. The minimum absolute atomic E-state index is 0.172. The van der Waals surface area contributed by atoms with E-state index in [1.165, 1.54) is 18.6 Å². The van der Waals surface area contributed by atoms with Crippen LogP contribution in [0.25, 0.3) is 0 Å². The van der Waals surface area contributed by atoms with Crippen molar-refractivity contribution in [1.29, 1.82) is 0 Å². The molecule has 120 valence electrons. The summed E-state index contributed by atoms with van der Waals surface area (Å²) in [4.78, 5) is 0. The minimum atomic E-state index is -4.64. The number of hydrogen-bond acceptors (Lipinski definition) is 2. The average Bonchev–Trinajstić information content (AvgIpc) is 2.42. The average molecular weight is 303 g/mol. The molecule has 0 fully saturated rings. The molecule has 0 heterocycles. The van der Waals surface area contributed by atoms with E-state index >= 15 is 0 Å². The molecule has 0 aromatic heterocycles. The normalized spacial score (nSPS) is 13.2. The predicted molar refractivity (Wildman–Crippen MR) is 78.3 cm³/mol. The maximum absolute atomic E-state index is 12.1. The van der Waals surface area contributed by atoms with Crippen LogP contribution in [-0.2, 0) is 0 Å². The lowest BCUT2D eigenvalue weighted by molar-refractivity contribution is -0.274. The molecule has 0 saturated carbocycles. The highest BCUT2D eigenvalue weighted by Gasteiger charge is 2.31. The van der Waals surface area contributed by atoms with Crippen LogP contribution in [0.4, 0.5) is 13.2 Å². The SMILES string of the molecule is CCCCCC(NCCC)c1ccc(OC(F)(F)F)cc1. The van der Waals surface area contributed by atoms with Gasteiger partial charge in [0.25, 0.3) is 0 Å². The van der Waals surface area contributed by atoms with Gasteiger partial charge in [-0.1, -0.05) is 45.2 Å². The fourth-order valence-corrected chi connectivity index (χ4v) is 2.21. The van der Waals surface area contributed by atoms with Crippen LogP contribution in [0.15, 0.2) is 24.3 Å². The van der Waals surface area contributed by atoms with Crippen molar-refractivity contribution >= 4 is 0 Å². The molecule has 2 nitrogen and oxygen atoms in total. The summed E-state index contributed by atoms with van der Waals surface area (Å²) in [5, 5.41) is 3.45. The van der Waals surface area contributed by atoms with Gasteiger partial charge in [0.2, 0.25) is 0 Å². The highest BCUT2D eigenvalue weighted by Crippen LogP contribution is 2.26. The molecule has 0 aliphatic heterocycles. The molecule has 0 saturated heterocycles. The lowest BCUT2D eigenvalue weighted by Gasteiger charge is -2.19. The molecule has 1 atom stereocenters. The zero-order valence-corrected chi connectivity index (χ0v) is 12.7. The van der Waals surface area contributed by atoms with E-state index in [9.17, 15) is 13.2 Å². The van der Waals surface area contributed by atoms with Crippen LogP contribution < -0.4 is 10.1 Å². The smallest absolute Gasteiger partial charge is 0.406 e. The lowest BCUT2D eigenvalue weighted by atomic mass is 10.00. The highest BCUT2D eigenvalue weighted by molar-refractivity contribution is 5.29. The third-order valence-electron chi connectivity index (χ3n) is 3.25. The summed E-state index contributed by atoms with van der Waals surface area (Å²) < 4.78 is 40.3. The van der Waals surface area contributed by atoms with Crippen molar-refractivity contribution < 1.29 is 17.9 Å². The first-order valence-corrected chi connectivity index (χ1v) is 7.55. The second-order valence-electron chi connectivity index (χ2n) is 5.12. The van der Waals surface area contributed by atoms with Crippen molar-refractivity contribution in [2.75, 3.05) is 6.54 Å². The van der Waals surface area contributed by atoms with Crippen molar-refractivity contribution in [2.24, 2.45) is 0 Å². The van der Waals surface area contributed by atoms with Gasteiger partial charge in [0, 0.05) is 6.04 Å². The number of nitrogens with one attached hydrogen (secondary N) is 1. The van der Waals surface area contributed by atoms with Crippen LogP contribution in [0, 0.1) is 0 Å². The highest BCUT2D eigenvalue weighted by atomic mass is 19.4. The molecular weight excluding hydrogens is 279 g/mol. The number of alkyl halides is 3. The Labute approximate surface area is 124 Å². The summed E-state index contributed by atoms with van der Waals surface area (Å²) in [5.74, 6) is -0.172. The molecule has 1 unspecified atom stereocenters. The minimum Gasteiger partial charge on any atom is -0.406 e. The Bertz CT molecular complexity index is 390. The number of halogens is 3. The quantitative estimate of drug-likeness (QED) is 0.633. The zero-order chi connectivity index (χ0) is 15.7. The molecule has 1 aromatic rings. The first kappa shape index (κ1) is 17.8. The second-order valence-corrected chi connectivity index (χ2v) is 5.12. The van der Waals surface area contributed by atoms with E-state index in [4.69, 9.17) is 0 Å². The topological polar surface area (TPSA) is 21.3 Å². The lowest BCUT2D eigenvalue weighted by Crippen LogP contribution is -2.22. The van der Waals surface area contributed by atoms with Gasteiger partial charge >= 0.3 is 6.36 Å². The van der Waals surface area contributed by atoms with Crippen LogP contribution in [0.5, 0.6) is 5.75 Å². The summed E-state index contributed by atoms with van der Waals surface area (Å²) in [5.41, 5.74) is 1.01. The fourth-order valence-electron chi connectivity index (χ4n) is 2.21. The van der Waals surface area contributed by atoms with E-state index in [2.05, 4.69) is 23.9 Å². The molecule has 21 heavy (non-hydrogen) atoms. The zero-order valence-electron chi connectivity index (χ0n) is 12.7. The number of hydrogen-bond donors (Lipinski definition) is 1. The van der Waals surface area contributed by atoms with Crippen molar-refractivity contribution in [2.45, 2.75) is 58.4 Å². The van der Waals surface area contributed by atoms with Crippen LogP contribution in [-0.4, -0.2) is 12.9 Å². The predicted octanol–water partition coefficient (Wildman–Crippen LogP) is 5.21. The van der Waals surface area contributed by atoms with Gasteiger partial charge in [-0.25, -0.2) is 0 Å². The largest absolute Gasteiger partial charge is 0.573 e. The van der Waals surface area contributed by atoms with Crippen LogP contribution in [0.3, 0.4) is 0 Å². The van der Waals surface area contributed by atoms with Crippen LogP contribution >= 0.6 is 0 Å².